The molecular formula is C14H21NO2. The van der Waals surface area contributed by atoms with Crippen molar-refractivity contribution in [3.05, 3.63) is 28.3 Å². The maximum absolute atomic E-state index is 10.4. The molecule has 17 heavy (non-hydrogen) atoms. The normalized spacial score (nSPS) is 18.9. The van der Waals surface area contributed by atoms with Crippen LogP contribution in [0, 0.1) is 20.8 Å². The second-order valence-electron chi connectivity index (χ2n) is 5.20. The highest BCUT2D eigenvalue weighted by Crippen LogP contribution is 2.46. The summed E-state index contributed by atoms with van der Waals surface area (Å²) in [4.78, 5) is 0. The van der Waals surface area contributed by atoms with Crippen LogP contribution in [0.3, 0.4) is 0 Å². The lowest BCUT2D eigenvalue weighted by molar-refractivity contribution is 0.134. The van der Waals surface area contributed by atoms with Crippen LogP contribution in [-0.2, 0) is 0 Å². The van der Waals surface area contributed by atoms with E-state index in [1.54, 1.807) is 7.11 Å². The Balaban J connectivity index is 2.51. The number of benzene rings is 1. The molecule has 1 atom stereocenters. The summed E-state index contributed by atoms with van der Waals surface area (Å²) in [6, 6.07) is 1.98. The first-order valence-electron chi connectivity index (χ1n) is 6.02. The minimum atomic E-state index is -0.563. The summed E-state index contributed by atoms with van der Waals surface area (Å²) >= 11 is 0. The minimum Gasteiger partial charge on any atom is -0.496 e. The van der Waals surface area contributed by atoms with E-state index in [4.69, 9.17) is 10.5 Å². The highest BCUT2D eigenvalue weighted by molar-refractivity contribution is 5.50. The van der Waals surface area contributed by atoms with E-state index in [1.807, 2.05) is 26.8 Å². The van der Waals surface area contributed by atoms with Gasteiger partial charge < -0.3 is 15.6 Å². The van der Waals surface area contributed by atoms with Crippen molar-refractivity contribution in [1.82, 2.24) is 0 Å². The van der Waals surface area contributed by atoms with Gasteiger partial charge in [0.2, 0.25) is 0 Å². The predicted molar refractivity (Wildman–Crippen MR) is 68.3 cm³/mol. The Morgan fingerprint density at radius 3 is 2.35 bits per heavy atom. The standard InChI is InChI=1S/C14H21NO2/c1-8-7-11(17-4)9(2)10(3)12(8)13(16)14(15)5-6-14/h7,13,16H,5-6,15H2,1-4H3. The number of hydrogen-bond donors (Lipinski definition) is 2. The molecule has 0 heterocycles. The monoisotopic (exact) mass is 235 g/mol. The van der Waals surface area contributed by atoms with E-state index in [0.29, 0.717) is 0 Å². The molecule has 1 aliphatic rings. The molecule has 0 spiro atoms. The van der Waals surface area contributed by atoms with Crippen molar-refractivity contribution < 1.29 is 9.84 Å². The molecule has 1 unspecified atom stereocenters. The van der Waals surface area contributed by atoms with Gasteiger partial charge in [-0.05, 0) is 61.9 Å². The molecule has 1 aliphatic carbocycles. The third-order valence-electron chi connectivity index (χ3n) is 3.97. The number of ether oxygens (including phenoxy) is 1. The lowest BCUT2D eigenvalue weighted by atomic mass is 9.89. The van der Waals surface area contributed by atoms with E-state index in [2.05, 4.69) is 0 Å². The lowest BCUT2D eigenvalue weighted by Gasteiger charge is -2.24. The van der Waals surface area contributed by atoms with Gasteiger partial charge in [0.1, 0.15) is 5.75 Å². The molecule has 3 N–H and O–H groups in total. The molecule has 0 amide bonds. The van der Waals surface area contributed by atoms with Crippen molar-refractivity contribution in [2.24, 2.45) is 5.73 Å². The van der Waals surface area contributed by atoms with Gasteiger partial charge in [-0.2, -0.15) is 0 Å². The summed E-state index contributed by atoms with van der Waals surface area (Å²) in [6.07, 6.45) is 1.24. The minimum absolute atomic E-state index is 0.406. The van der Waals surface area contributed by atoms with Crippen LogP contribution in [-0.4, -0.2) is 17.8 Å². The zero-order chi connectivity index (χ0) is 12.8. The zero-order valence-corrected chi connectivity index (χ0v) is 11.0. The molecular weight excluding hydrogens is 214 g/mol. The van der Waals surface area contributed by atoms with Crippen molar-refractivity contribution in [2.45, 2.75) is 45.3 Å². The Morgan fingerprint density at radius 2 is 1.88 bits per heavy atom. The van der Waals surface area contributed by atoms with Gasteiger partial charge in [-0.3, -0.25) is 0 Å². The Labute approximate surface area is 103 Å². The fraction of sp³-hybridized carbons (Fsp3) is 0.571. The Morgan fingerprint density at radius 1 is 1.29 bits per heavy atom. The fourth-order valence-electron chi connectivity index (χ4n) is 2.40. The van der Waals surface area contributed by atoms with E-state index in [0.717, 1.165) is 40.8 Å². The van der Waals surface area contributed by atoms with Gasteiger partial charge in [0.25, 0.3) is 0 Å². The number of aryl methyl sites for hydroxylation is 1. The summed E-state index contributed by atoms with van der Waals surface area (Å²) in [5, 5.41) is 10.4. The number of hydrogen-bond acceptors (Lipinski definition) is 3. The fourth-order valence-corrected chi connectivity index (χ4v) is 2.40. The highest BCUT2D eigenvalue weighted by atomic mass is 16.5. The van der Waals surface area contributed by atoms with Crippen molar-refractivity contribution in [2.75, 3.05) is 7.11 Å². The van der Waals surface area contributed by atoms with Crippen LogP contribution in [0.1, 0.15) is 41.2 Å². The van der Waals surface area contributed by atoms with E-state index >= 15 is 0 Å². The maximum atomic E-state index is 10.4. The third kappa shape index (κ3) is 1.94. The third-order valence-corrected chi connectivity index (χ3v) is 3.97. The molecule has 2 rings (SSSR count). The number of aliphatic hydroxyl groups excluding tert-OH is 1. The first kappa shape index (κ1) is 12.4. The zero-order valence-electron chi connectivity index (χ0n) is 11.0. The van der Waals surface area contributed by atoms with Gasteiger partial charge >= 0.3 is 0 Å². The summed E-state index contributed by atoms with van der Waals surface area (Å²) in [5.41, 5.74) is 9.89. The molecule has 1 saturated carbocycles. The van der Waals surface area contributed by atoms with Gasteiger partial charge in [-0.1, -0.05) is 0 Å². The van der Waals surface area contributed by atoms with Gasteiger partial charge in [0.15, 0.2) is 0 Å². The number of methoxy groups -OCH3 is 1. The van der Waals surface area contributed by atoms with Crippen molar-refractivity contribution in [3.8, 4) is 5.75 Å². The average Bonchev–Trinajstić information content (AvgIpc) is 3.03. The largest absolute Gasteiger partial charge is 0.496 e. The summed E-state index contributed by atoms with van der Waals surface area (Å²) in [6.45, 7) is 6.04. The molecule has 94 valence electrons. The molecule has 1 fully saturated rings. The Bertz CT molecular complexity index is 450. The van der Waals surface area contributed by atoms with Crippen LogP contribution in [0.5, 0.6) is 5.75 Å². The second kappa shape index (κ2) is 4.00. The predicted octanol–water partition coefficient (Wildman–Crippen LogP) is 2.15. The van der Waals surface area contributed by atoms with Gasteiger partial charge in [0.05, 0.1) is 13.2 Å². The van der Waals surface area contributed by atoms with E-state index in [-0.39, 0.29) is 0 Å². The average molecular weight is 235 g/mol. The topological polar surface area (TPSA) is 55.5 Å². The smallest absolute Gasteiger partial charge is 0.122 e. The van der Waals surface area contributed by atoms with Gasteiger partial charge in [0, 0.05) is 5.54 Å². The molecule has 1 aromatic carbocycles. The van der Waals surface area contributed by atoms with Crippen LogP contribution in [0.2, 0.25) is 0 Å². The second-order valence-corrected chi connectivity index (χ2v) is 5.20. The van der Waals surface area contributed by atoms with Crippen LogP contribution >= 0.6 is 0 Å². The van der Waals surface area contributed by atoms with Crippen molar-refractivity contribution >= 4 is 0 Å². The first-order chi connectivity index (χ1) is 7.90. The molecule has 0 saturated heterocycles. The van der Waals surface area contributed by atoms with Gasteiger partial charge in [-0.25, -0.2) is 0 Å². The Hall–Kier alpha value is -1.06. The van der Waals surface area contributed by atoms with E-state index < -0.39 is 11.6 Å². The highest BCUT2D eigenvalue weighted by Gasteiger charge is 2.46. The van der Waals surface area contributed by atoms with Crippen molar-refractivity contribution in [1.29, 1.82) is 0 Å². The number of nitrogens with two attached hydrogens (primary N) is 1. The van der Waals surface area contributed by atoms with Crippen LogP contribution < -0.4 is 10.5 Å². The summed E-state index contributed by atoms with van der Waals surface area (Å²) in [5.74, 6) is 0.873. The van der Waals surface area contributed by atoms with E-state index in [9.17, 15) is 5.11 Å². The molecule has 0 aliphatic heterocycles. The Kier molecular flexibility index (Phi) is 2.92. The quantitative estimate of drug-likeness (QED) is 0.844. The number of aliphatic hydroxyl groups is 1. The summed E-state index contributed by atoms with van der Waals surface area (Å²) in [7, 11) is 1.67. The number of rotatable bonds is 3. The molecule has 0 bridgehead atoms. The first-order valence-corrected chi connectivity index (χ1v) is 6.02. The van der Waals surface area contributed by atoms with Crippen molar-refractivity contribution in [3.63, 3.8) is 0 Å². The molecule has 3 nitrogen and oxygen atoms in total. The van der Waals surface area contributed by atoms with E-state index in [1.165, 1.54) is 0 Å². The van der Waals surface area contributed by atoms with Gasteiger partial charge in [-0.15, -0.1) is 0 Å². The summed E-state index contributed by atoms with van der Waals surface area (Å²) < 4.78 is 5.33. The van der Waals surface area contributed by atoms with Crippen LogP contribution in [0.25, 0.3) is 0 Å². The molecule has 0 aromatic heterocycles. The molecule has 1 aromatic rings. The van der Waals surface area contributed by atoms with Crippen LogP contribution in [0.15, 0.2) is 6.07 Å². The maximum Gasteiger partial charge on any atom is 0.122 e. The lowest BCUT2D eigenvalue weighted by Crippen LogP contribution is -2.31. The SMILES string of the molecule is COc1cc(C)c(C(O)C2(N)CC2)c(C)c1C. The molecule has 0 radical (unpaired) electrons. The van der Waals surface area contributed by atoms with Crippen LogP contribution in [0.4, 0.5) is 0 Å². The molecule has 3 heteroatoms.